The molecule has 0 saturated heterocycles. The molecule has 3 aromatic rings. The number of hydrogen-bond donors (Lipinski definition) is 2. The van der Waals surface area contributed by atoms with E-state index in [4.69, 9.17) is 10.4 Å². The number of aromatic nitrogens is 2. The fraction of sp³-hybridized carbons (Fsp3) is 0.296. The summed E-state index contributed by atoms with van der Waals surface area (Å²) < 4.78 is 2.01. The third-order valence-electron chi connectivity index (χ3n) is 6.17. The minimum Gasteiger partial charge on any atom is -0.332 e. The van der Waals surface area contributed by atoms with Gasteiger partial charge in [-0.15, -0.1) is 0 Å². The number of nitrogens with one attached hydrogen (secondary N) is 2. The summed E-state index contributed by atoms with van der Waals surface area (Å²) in [6.45, 7) is 8.54. The number of carbonyl (C=O) groups excluding carboxylic acids is 1. The number of nitriles is 1. The number of nitrogens with zero attached hydrogens (tertiary/aromatic N) is 3. The Kier molecular flexibility index (Phi) is 6.32. The zero-order valence-electron chi connectivity index (χ0n) is 19.5. The lowest BCUT2D eigenvalue weighted by Gasteiger charge is -2.15. The Morgan fingerprint density at radius 2 is 1.91 bits per heavy atom. The fourth-order valence-corrected chi connectivity index (χ4v) is 4.47. The Morgan fingerprint density at radius 3 is 2.61 bits per heavy atom. The van der Waals surface area contributed by atoms with Crippen LogP contribution in [0.1, 0.15) is 60.2 Å². The van der Waals surface area contributed by atoms with Crippen molar-refractivity contribution >= 4 is 11.7 Å². The first-order valence-corrected chi connectivity index (χ1v) is 11.3. The number of carbonyl (C=O) groups is 1. The molecule has 1 aliphatic rings. The number of amides is 2. The van der Waals surface area contributed by atoms with Gasteiger partial charge >= 0.3 is 6.03 Å². The van der Waals surface area contributed by atoms with Crippen LogP contribution in [0.4, 0.5) is 10.5 Å². The Morgan fingerprint density at radius 1 is 1.15 bits per heavy atom. The number of benzene rings is 2. The van der Waals surface area contributed by atoms with Crippen LogP contribution in [0.25, 0.3) is 5.69 Å². The number of rotatable bonds is 5. The molecule has 2 aromatic carbocycles. The minimum atomic E-state index is -0.283. The predicted octanol–water partition coefficient (Wildman–Crippen LogP) is 5.72. The summed E-state index contributed by atoms with van der Waals surface area (Å²) >= 11 is 0. The van der Waals surface area contributed by atoms with Crippen LogP contribution in [0.15, 0.2) is 60.7 Å². The average molecular weight is 440 g/mol. The maximum atomic E-state index is 12.5. The molecular weight excluding hydrogens is 410 g/mol. The van der Waals surface area contributed by atoms with Crippen molar-refractivity contribution in [2.45, 2.75) is 52.0 Å². The van der Waals surface area contributed by atoms with Crippen molar-refractivity contribution in [2.75, 3.05) is 5.32 Å². The van der Waals surface area contributed by atoms with Crippen molar-refractivity contribution < 1.29 is 4.79 Å². The van der Waals surface area contributed by atoms with Crippen LogP contribution in [-0.2, 0) is 0 Å². The van der Waals surface area contributed by atoms with Crippen molar-refractivity contribution in [3.8, 4) is 11.8 Å². The van der Waals surface area contributed by atoms with Crippen LogP contribution >= 0.6 is 0 Å². The van der Waals surface area contributed by atoms with Crippen LogP contribution in [0.5, 0.6) is 0 Å². The van der Waals surface area contributed by atoms with Crippen molar-refractivity contribution in [2.24, 2.45) is 0 Å². The number of hydrogen-bond acceptors (Lipinski definition) is 3. The maximum Gasteiger partial charge on any atom is 0.319 e. The molecule has 2 atom stereocenters. The third-order valence-corrected chi connectivity index (χ3v) is 6.17. The molecule has 0 aliphatic heterocycles. The highest BCUT2D eigenvalue weighted by atomic mass is 16.2. The molecule has 6 heteroatoms. The van der Waals surface area contributed by atoms with Crippen molar-refractivity contribution in [3.05, 3.63) is 88.8 Å². The van der Waals surface area contributed by atoms with Crippen LogP contribution in [0, 0.1) is 25.2 Å². The SMILES string of the molecule is Cc1nn(-c2ccc(C(C)C)cc2)c(C)c1[C@H]1C=C[C@@H](NC(=O)Nc2cccc(C#N)c2)C1. The first-order valence-electron chi connectivity index (χ1n) is 11.3. The van der Waals surface area contributed by atoms with E-state index in [0.717, 1.165) is 23.5 Å². The normalized spacial score (nSPS) is 17.2. The van der Waals surface area contributed by atoms with Gasteiger partial charge in [-0.05, 0) is 62.1 Å². The highest BCUT2D eigenvalue weighted by molar-refractivity contribution is 5.89. The van der Waals surface area contributed by atoms with E-state index in [2.05, 4.69) is 67.8 Å². The number of urea groups is 1. The molecular formula is C27H29N5O. The zero-order valence-corrected chi connectivity index (χ0v) is 19.5. The number of anilines is 1. The van der Waals surface area contributed by atoms with Gasteiger partial charge < -0.3 is 10.6 Å². The van der Waals surface area contributed by atoms with Gasteiger partial charge in [-0.2, -0.15) is 10.4 Å². The molecule has 1 aliphatic carbocycles. The van der Waals surface area contributed by atoms with E-state index in [0.29, 0.717) is 17.2 Å². The summed E-state index contributed by atoms with van der Waals surface area (Å²) in [7, 11) is 0. The van der Waals surface area contributed by atoms with E-state index in [9.17, 15) is 4.79 Å². The van der Waals surface area contributed by atoms with Crippen molar-refractivity contribution in [1.29, 1.82) is 5.26 Å². The average Bonchev–Trinajstić information content (AvgIpc) is 3.36. The summed E-state index contributed by atoms with van der Waals surface area (Å²) in [5.41, 5.74) is 6.82. The molecule has 1 heterocycles. The van der Waals surface area contributed by atoms with Crippen molar-refractivity contribution in [1.82, 2.24) is 15.1 Å². The van der Waals surface area contributed by atoms with Gasteiger partial charge in [0, 0.05) is 28.9 Å². The lowest BCUT2D eigenvalue weighted by atomic mass is 9.96. The van der Waals surface area contributed by atoms with E-state index >= 15 is 0 Å². The van der Waals surface area contributed by atoms with E-state index in [1.54, 1.807) is 24.3 Å². The first-order chi connectivity index (χ1) is 15.9. The van der Waals surface area contributed by atoms with E-state index in [1.165, 1.54) is 11.1 Å². The number of aryl methyl sites for hydroxylation is 1. The molecule has 2 amide bonds. The van der Waals surface area contributed by atoms with Gasteiger partial charge in [0.25, 0.3) is 0 Å². The Balaban J connectivity index is 1.43. The lowest BCUT2D eigenvalue weighted by molar-refractivity contribution is 0.250. The zero-order chi connectivity index (χ0) is 23.5. The minimum absolute atomic E-state index is 0.0679. The third kappa shape index (κ3) is 4.83. The summed E-state index contributed by atoms with van der Waals surface area (Å²) in [5, 5.41) is 19.7. The second kappa shape index (κ2) is 9.33. The standard InChI is InChI=1S/C27H29N5O/c1-17(2)21-9-12-25(13-10-21)32-19(4)26(18(3)31-32)22-8-11-24(15-22)30-27(33)29-23-7-5-6-20(14-23)16-28/h5-14,17,22,24H,15H2,1-4H3,(H2,29,30,33)/t22-,24+/m0/s1. The van der Waals surface area contributed by atoms with Crippen LogP contribution < -0.4 is 10.6 Å². The molecule has 2 N–H and O–H groups in total. The van der Waals surface area contributed by atoms with Crippen molar-refractivity contribution in [3.63, 3.8) is 0 Å². The first kappa shape index (κ1) is 22.3. The van der Waals surface area contributed by atoms with Crippen LogP contribution in [0.3, 0.4) is 0 Å². The van der Waals surface area contributed by atoms with Crippen LogP contribution in [-0.4, -0.2) is 21.9 Å². The highest BCUT2D eigenvalue weighted by Crippen LogP contribution is 2.34. The van der Waals surface area contributed by atoms with E-state index in [1.807, 2.05) is 17.7 Å². The van der Waals surface area contributed by atoms with Gasteiger partial charge in [-0.25, -0.2) is 9.48 Å². The van der Waals surface area contributed by atoms with E-state index < -0.39 is 0 Å². The lowest BCUT2D eigenvalue weighted by Crippen LogP contribution is -2.36. The smallest absolute Gasteiger partial charge is 0.319 e. The Bertz CT molecular complexity index is 1230. The molecule has 0 saturated carbocycles. The molecule has 0 unspecified atom stereocenters. The quantitative estimate of drug-likeness (QED) is 0.499. The van der Waals surface area contributed by atoms with Gasteiger partial charge in [-0.1, -0.05) is 44.2 Å². The largest absolute Gasteiger partial charge is 0.332 e. The van der Waals surface area contributed by atoms with Gasteiger partial charge in [0.15, 0.2) is 0 Å². The predicted molar refractivity (Wildman–Crippen MR) is 131 cm³/mol. The summed E-state index contributed by atoms with van der Waals surface area (Å²) in [6, 6.07) is 17.2. The monoisotopic (exact) mass is 439 g/mol. The molecule has 0 radical (unpaired) electrons. The second-order valence-corrected chi connectivity index (χ2v) is 8.87. The van der Waals surface area contributed by atoms with Crippen LogP contribution in [0.2, 0.25) is 0 Å². The van der Waals surface area contributed by atoms with E-state index in [-0.39, 0.29) is 18.0 Å². The fourth-order valence-electron chi connectivity index (χ4n) is 4.47. The van der Waals surface area contributed by atoms with Gasteiger partial charge in [0.1, 0.15) is 0 Å². The van der Waals surface area contributed by atoms with Gasteiger partial charge in [0.05, 0.1) is 23.0 Å². The molecule has 168 valence electrons. The topological polar surface area (TPSA) is 82.7 Å². The molecule has 0 bridgehead atoms. The van der Waals surface area contributed by atoms with Gasteiger partial charge in [0.2, 0.25) is 0 Å². The maximum absolute atomic E-state index is 12.5. The Hall–Kier alpha value is -3.85. The Labute approximate surface area is 194 Å². The second-order valence-electron chi connectivity index (χ2n) is 8.87. The highest BCUT2D eigenvalue weighted by Gasteiger charge is 2.27. The molecule has 6 nitrogen and oxygen atoms in total. The number of allylic oxidation sites excluding steroid dienone is 1. The summed E-state index contributed by atoms with van der Waals surface area (Å²) in [4.78, 5) is 12.5. The summed E-state index contributed by atoms with van der Waals surface area (Å²) in [5.74, 6) is 0.691. The molecule has 1 aromatic heterocycles. The van der Waals surface area contributed by atoms with Gasteiger partial charge in [-0.3, -0.25) is 0 Å². The summed E-state index contributed by atoms with van der Waals surface area (Å²) in [6.07, 6.45) is 4.99. The molecule has 4 rings (SSSR count). The molecule has 0 spiro atoms. The molecule has 0 fully saturated rings. The molecule has 33 heavy (non-hydrogen) atoms.